The average molecular weight is 403 g/mol. The van der Waals surface area contributed by atoms with Crippen LogP contribution in [0.25, 0.3) is 5.53 Å². The van der Waals surface area contributed by atoms with E-state index in [0.29, 0.717) is 19.3 Å². The van der Waals surface area contributed by atoms with Gasteiger partial charge in [-0.2, -0.15) is 4.79 Å². The first kappa shape index (κ1) is 22.8. The first-order valence-corrected chi connectivity index (χ1v) is 12.3. The largest absolute Gasteiger partial charge is 0.384 e. The van der Waals surface area contributed by atoms with Crippen molar-refractivity contribution in [2.75, 3.05) is 11.5 Å². The number of rotatable bonds is 8. The SMILES string of the molecule is C=CCS(=O)(=O)C(=CCS(=O)(=O)C(=[N+]=[N-])C1CCCCC1)C(C)(C)CC. The zero-order chi connectivity index (χ0) is 20.0. The summed E-state index contributed by atoms with van der Waals surface area (Å²) in [6.45, 7) is 8.87. The molecule has 1 fully saturated rings. The second-order valence-electron chi connectivity index (χ2n) is 7.43. The molecule has 0 bridgehead atoms. The predicted octanol–water partition coefficient (Wildman–Crippen LogP) is 3.53. The highest BCUT2D eigenvalue weighted by atomic mass is 32.2. The fraction of sp³-hybridized carbons (Fsp3) is 0.722. The Balaban J connectivity index is 3.25. The molecule has 6 nitrogen and oxygen atoms in total. The van der Waals surface area contributed by atoms with Gasteiger partial charge in [0, 0.05) is 10.3 Å². The van der Waals surface area contributed by atoms with Gasteiger partial charge in [0.25, 0.3) is 9.84 Å². The maximum Gasteiger partial charge on any atom is 0.384 e. The van der Waals surface area contributed by atoms with Crippen LogP contribution in [-0.2, 0) is 19.7 Å². The molecule has 0 atom stereocenters. The second-order valence-corrected chi connectivity index (χ2v) is 11.4. The molecule has 1 aliphatic carbocycles. The van der Waals surface area contributed by atoms with Gasteiger partial charge in [-0.25, -0.2) is 16.8 Å². The van der Waals surface area contributed by atoms with Crippen LogP contribution in [-0.4, -0.2) is 38.2 Å². The number of allylic oxidation sites excluding steroid dienone is 1. The van der Waals surface area contributed by atoms with Crippen LogP contribution in [0.2, 0.25) is 0 Å². The van der Waals surface area contributed by atoms with E-state index in [0.717, 1.165) is 19.3 Å². The summed E-state index contributed by atoms with van der Waals surface area (Å²) in [7, 11) is -7.52. The summed E-state index contributed by atoms with van der Waals surface area (Å²) >= 11 is 0. The van der Waals surface area contributed by atoms with Crippen LogP contribution >= 0.6 is 0 Å². The molecule has 0 aromatic heterocycles. The lowest BCUT2D eigenvalue weighted by atomic mass is 9.89. The molecule has 0 N–H and O–H groups in total. The van der Waals surface area contributed by atoms with Crippen molar-refractivity contribution >= 4 is 24.7 Å². The van der Waals surface area contributed by atoms with Gasteiger partial charge in [0.2, 0.25) is 0 Å². The summed E-state index contributed by atoms with van der Waals surface area (Å²) in [5, 5.41) is -0.219. The standard InChI is InChI=1S/C18H30N2O4S2/c1-5-13-25(21,22)16(18(3,4)6-2)12-14-26(23,24)17(20-19)15-10-8-7-9-11-15/h5,12,15H,1,6-11,13-14H2,2-4H3. The highest BCUT2D eigenvalue weighted by Gasteiger charge is 2.38. The highest BCUT2D eigenvalue weighted by molar-refractivity contribution is 8.06. The predicted molar refractivity (Wildman–Crippen MR) is 105 cm³/mol. The maximum absolute atomic E-state index is 12.7. The van der Waals surface area contributed by atoms with Gasteiger partial charge in [-0.15, -0.1) is 6.58 Å². The monoisotopic (exact) mass is 402 g/mol. The quantitative estimate of drug-likeness (QED) is 0.203. The lowest BCUT2D eigenvalue weighted by molar-refractivity contribution is -0.00901. The van der Waals surface area contributed by atoms with Gasteiger partial charge in [0.1, 0.15) is 0 Å². The normalized spacial score (nSPS) is 17.6. The number of hydrogen-bond acceptors (Lipinski definition) is 4. The molecule has 0 aromatic carbocycles. The Morgan fingerprint density at radius 2 is 1.69 bits per heavy atom. The third-order valence-corrected chi connectivity index (χ3v) is 8.80. The second kappa shape index (κ2) is 9.11. The minimum absolute atomic E-state index is 0.0944. The number of hydrogen-bond donors (Lipinski definition) is 0. The van der Waals surface area contributed by atoms with Crippen molar-refractivity contribution in [2.45, 2.75) is 59.3 Å². The topological polar surface area (TPSA) is 105 Å². The molecule has 0 heterocycles. The summed E-state index contributed by atoms with van der Waals surface area (Å²) in [5.74, 6) is -1.02. The van der Waals surface area contributed by atoms with Gasteiger partial charge >= 0.3 is 5.04 Å². The fourth-order valence-corrected chi connectivity index (χ4v) is 6.61. The van der Waals surface area contributed by atoms with Crippen LogP contribution in [0.3, 0.4) is 0 Å². The zero-order valence-corrected chi connectivity index (χ0v) is 17.6. The van der Waals surface area contributed by atoms with Crippen LogP contribution in [0, 0.1) is 11.3 Å². The van der Waals surface area contributed by atoms with E-state index in [1.165, 1.54) is 12.2 Å². The molecule has 0 amide bonds. The van der Waals surface area contributed by atoms with E-state index in [9.17, 15) is 22.4 Å². The molecular weight excluding hydrogens is 372 g/mol. The molecule has 1 rings (SSSR count). The van der Waals surface area contributed by atoms with Crippen molar-refractivity contribution in [3.05, 3.63) is 29.2 Å². The third kappa shape index (κ3) is 5.63. The molecule has 0 saturated heterocycles. The molecule has 0 unspecified atom stereocenters. The van der Waals surface area contributed by atoms with Crippen molar-refractivity contribution in [1.82, 2.24) is 0 Å². The third-order valence-electron chi connectivity index (χ3n) is 5.08. The summed E-state index contributed by atoms with van der Waals surface area (Å²) in [6, 6.07) is 0. The molecule has 148 valence electrons. The lowest BCUT2D eigenvalue weighted by Gasteiger charge is -2.26. The summed E-state index contributed by atoms with van der Waals surface area (Å²) in [5.41, 5.74) is 8.59. The average Bonchev–Trinajstić information content (AvgIpc) is 2.55. The molecular formula is C18H30N2O4S2. The first-order valence-electron chi connectivity index (χ1n) is 9.01. The van der Waals surface area contributed by atoms with E-state index in [4.69, 9.17) is 0 Å². The van der Waals surface area contributed by atoms with Crippen LogP contribution in [0.5, 0.6) is 0 Å². The van der Waals surface area contributed by atoms with E-state index in [-0.39, 0.29) is 21.6 Å². The Bertz CT molecular complexity index is 796. The van der Waals surface area contributed by atoms with Crippen molar-refractivity contribution in [3.63, 3.8) is 0 Å². The van der Waals surface area contributed by atoms with E-state index in [2.05, 4.69) is 11.4 Å². The smallest absolute Gasteiger partial charge is 0.360 e. The Morgan fingerprint density at radius 3 is 2.15 bits per heavy atom. The zero-order valence-electron chi connectivity index (χ0n) is 15.9. The maximum atomic E-state index is 12.7. The van der Waals surface area contributed by atoms with Crippen molar-refractivity contribution in [3.8, 4) is 0 Å². The van der Waals surface area contributed by atoms with Gasteiger partial charge in [0.15, 0.2) is 9.84 Å². The molecule has 0 spiro atoms. The van der Waals surface area contributed by atoms with Gasteiger partial charge in [-0.1, -0.05) is 52.2 Å². The minimum Gasteiger partial charge on any atom is -0.360 e. The molecule has 0 radical (unpaired) electrons. The Kier molecular flexibility index (Phi) is 7.99. The van der Waals surface area contributed by atoms with Crippen LogP contribution in [0.15, 0.2) is 23.6 Å². The van der Waals surface area contributed by atoms with E-state index in [1.54, 1.807) is 13.8 Å². The Morgan fingerprint density at radius 1 is 1.12 bits per heavy atom. The van der Waals surface area contributed by atoms with Crippen LogP contribution in [0.4, 0.5) is 0 Å². The molecule has 26 heavy (non-hydrogen) atoms. The minimum atomic E-state index is -3.88. The van der Waals surface area contributed by atoms with Gasteiger partial charge < -0.3 is 5.53 Å². The van der Waals surface area contributed by atoms with Crippen molar-refractivity contribution in [2.24, 2.45) is 11.3 Å². The Labute approximate surface area is 157 Å². The molecule has 1 saturated carbocycles. The first-order chi connectivity index (χ1) is 12.0. The molecule has 1 aliphatic rings. The van der Waals surface area contributed by atoms with Gasteiger partial charge in [-0.05, 0) is 19.3 Å². The lowest BCUT2D eigenvalue weighted by Crippen LogP contribution is -2.30. The summed E-state index contributed by atoms with van der Waals surface area (Å²) in [6.07, 6.45) is 7.29. The van der Waals surface area contributed by atoms with Gasteiger partial charge in [-0.3, -0.25) is 0 Å². The fourth-order valence-electron chi connectivity index (χ4n) is 3.26. The number of nitrogens with zero attached hydrogens (tertiary/aromatic N) is 2. The van der Waals surface area contributed by atoms with Gasteiger partial charge in [0.05, 0.1) is 17.4 Å². The van der Waals surface area contributed by atoms with Crippen molar-refractivity contribution in [1.29, 1.82) is 0 Å². The van der Waals surface area contributed by atoms with Crippen LogP contribution < -0.4 is 0 Å². The van der Waals surface area contributed by atoms with E-state index in [1.807, 2.05) is 6.92 Å². The van der Waals surface area contributed by atoms with Crippen LogP contribution in [0.1, 0.15) is 59.3 Å². The van der Waals surface area contributed by atoms with E-state index >= 15 is 0 Å². The summed E-state index contributed by atoms with van der Waals surface area (Å²) in [4.78, 5) is 3.17. The summed E-state index contributed by atoms with van der Waals surface area (Å²) < 4.78 is 50.6. The molecule has 0 aliphatic heterocycles. The highest BCUT2D eigenvalue weighted by Crippen LogP contribution is 2.35. The molecule has 8 heteroatoms. The van der Waals surface area contributed by atoms with E-state index < -0.39 is 30.8 Å². The Hall–Kier alpha value is -1.24. The molecule has 0 aromatic rings. The van der Waals surface area contributed by atoms with Crippen molar-refractivity contribution < 1.29 is 21.6 Å². The number of sulfone groups is 2.